The Morgan fingerprint density at radius 1 is 1.26 bits per heavy atom. The number of hydrogen-bond donors (Lipinski definition) is 0. The first-order chi connectivity index (χ1) is 12.7. The molecule has 0 bridgehead atoms. The Morgan fingerprint density at radius 3 is 2.56 bits per heavy atom. The fourth-order valence-electron chi connectivity index (χ4n) is 2.82. The number of aryl methyl sites for hydroxylation is 2. The molecule has 142 valence electrons. The van der Waals surface area contributed by atoms with Crippen molar-refractivity contribution in [3.63, 3.8) is 0 Å². The Hall–Kier alpha value is -2.19. The highest BCUT2D eigenvalue weighted by Gasteiger charge is 2.22. The van der Waals surface area contributed by atoms with Crippen LogP contribution in [-0.2, 0) is 16.8 Å². The minimum atomic E-state index is -2.84. The number of pyridine rings is 1. The number of carbonyl (C=O) groups excluding carboxylic acids is 1. The summed E-state index contributed by atoms with van der Waals surface area (Å²) in [6.45, 7) is 6.01. The molecule has 27 heavy (non-hydrogen) atoms. The van der Waals surface area contributed by atoms with E-state index in [1.807, 2.05) is 20.0 Å². The van der Waals surface area contributed by atoms with Crippen molar-refractivity contribution in [1.82, 2.24) is 14.8 Å². The van der Waals surface area contributed by atoms with Crippen molar-refractivity contribution in [3.8, 4) is 0 Å². The number of fused-ring (bicyclic) bond motifs is 1. The lowest BCUT2D eigenvalue weighted by Gasteiger charge is -2.11. The van der Waals surface area contributed by atoms with Gasteiger partial charge < -0.3 is 0 Å². The average molecular weight is 403 g/mol. The second-order valence-corrected chi connectivity index (χ2v) is 10.4. The number of carbonyl (C=O) groups is 1. The van der Waals surface area contributed by atoms with Crippen LogP contribution in [0.5, 0.6) is 0 Å². The van der Waals surface area contributed by atoms with E-state index in [0.717, 1.165) is 16.0 Å². The van der Waals surface area contributed by atoms with E-state index in [-0.39, 0.29) is 5.25 Å². The van der Waals surface area contributed by atoms with Crippen LogP contribution in [-0.4, -0.2) is 36.4 Å². The van der Waals surface area contributed by atoms with E-state index in [0.29, 0.717) is 16.1 Å². The Bertz CT molecular complexity index is 1130. The van der Waals surface area contributed by atoms with Gasteiger partial charge in [0.2, 0.25) is 0 Å². The Labute approximate surface area is 163 Å². The van der Waals surface area contributed by atoms with Crippen LogP contribution in [0.1, 0.15) is 29.9 Å². The third kappa shape index (κ3) is 3.91. The lowest BCUT2D eigenvalue weighted by atomic mass is 10.2. The molecule has 2 heterocycles. The molecule has 3 aromatic rings. The van der Waals surface area contributed by atoms with Crippen LogP contribution >= 0.6 is 11.8 Å². The molecule has 3 rings (SSSR count). The quantitative estimate of drug-likeness (QED) is 0.615. The van der Waals surface area contributed by atoms with Gasteiger partial charge in [-0.3, -0.25) is 9.48 Å². The molecule has 0 unspecified atom stereocenters. The average Bonchev–Trinajstić information content (AvgIpc) is 2.89. The van der Waals surface area contributed by atoms with Crippen molar-refractivity contribution in [2.45, 2.75) is 35.8 Å². The highest BCUT2D eigenvalue weighted by Crippen LogP contribution is 2.35. The van der Waals surface area contributed by atoms with Crippen LogP contribution in [0.4, 0.5) is 0 Å². The van der Waals surface area contributed by atoms with Gasteiger partial charge in [-0.25, -0.2) is 9.19 Å². The molecule has 0 aliphatic heterocycles. The van der Waals surface area contributed by atoms with Gasteiger partial charge in [-0.2, -0.15) is 9.46 Å². The maximum atomic E-state index is 13.0. The van der Waals surface area contributed by atoms with Crippen molar-refractivity contribution in [3.05, 3.63) is 47.8 Å². The standard InChI is InChI=1S/C19H22N4O2S2/c1-12(2)26-17-15(11-20-18-16(17)13(3)21-23(18)4)19(24)22-27(5,25)14-9-7-6-8-10-14/h6-12H,1-5H3/t27-/m0/s1. The van der Waals surface area contributed by atoms with Gasteiger partial charge in [0.25, 0.3) is 5.91 Å². The molecule has 2 aromatic heterocycles. The first-order valence-corrected chi connectivity index (χ1v) is 11.3. The Morgan fingerprint density at radius 2 is 1.93 bits per heavy atom. The van der Waals surface area contributed by atoms with E-state index >= 15 is 0 Å². The summed E-state index contributed by atoms with van der Waals surface area (Å²) in [4.78, 5) is 18.7. The fourth-order valence-corrected chi connectivity index (χ4v) is 5.10. The van der Waals surface area contributed by atoms with Crippen molar-refractivity contribution >= 4 is 38.4 Å². The lowest BCUT2D eigenvalue weighted by Crippen LogP contribution is -2.07. The SMILES string of the molecule is Cc1nn(C)c2ncc(C(=O)N=[S@@](C)(=O)c3ccccc3)c(SC(C)C)c12. The zero-order valence-electron chi connectivity index (χ0n) is 16.0. The molecule has 1 atom stereocenters. The highest BCUT2D eigenvalue weighted by atomic mass is 32.2. The maximum absolute atomic E-state index is 13.0. The van der Waals surface area contributed by atoms with Crippen LogP contribution in [0.2, 0.25) is 0 Å². The summed E-state index contributed by atoms with van der Waals surface area (Å²) < 4.78 is 18.8. The molecule has 0 fully saturated rings. The van der Waals surface area contributed by atoms with E-state index in [2.05, 4.69) is 28.3 Å². The molecule has 1 amide bonds. The monoisotopic (exact) mass is 402 g/mol. The molecule has 0 N–H and O–H groups in total. The van der Waals surface area contributed by atoms with Gasteiger partial charge in [0.05, 0.1) is 26.4 Å². The number of thioether (sulfide) groups is 1. The Balaban J connectivity index is 2.19. The topological polar surface area (TPSA) is 77.2 Å². The van der Waals surface area contributed by atoms with E-state index < -0.39 is 15.6 Å². The molecule has 0 radical (unpaired) electrons. The van der Waals surface area contributed by atoms with Gasteiger partial charge >= 0.3 is 0 Å². The van der Waals surface area contributed by atoms with Crippen molar-refractivity contribution in [2.75, 3.05) is 6.26 Å². The molecular formula is C19H22N4O2S2. The van der Waals surface area contributed by atoms with E-state index in [1.54, 1.807) is 40.7 Å². The number of nitrogens with zero attached hydrogens (tertiary/aromatic N) is 4. The number of aromatic nitrogens is 3. The van der Waals surface area contributed by atoms with Crippen molar-refractivity contribution in [1.29, 1.82) is 0 Å². The lowest BCUT2D eigenvalue weighted by molar-refractivity contribution is 0.100. The first-order valence-electron chi connectivity index (χ1n) is 8.51. The summed E-state index contributed by atoms with van der Waals surface area (Å²) in [5, 5.41) is 5.52. The van der Waals surface area contributed by atoms with E-state index in [1.165, 1.54) is 12.5 Å². The predicted octanol–water partition coefficient (Wildman–Crippen LogP) is 4.07. The third-order valence-electron chi connectivity index (χ3n) is 4.00. The molecule has 0 saturated carbocycles. The van der Waals surface area contributed by atoms with Gasteiger partial charge in [-0.1, -0.05) is 32.0 Å². The minimum absolute atomic E-state index is 0.252. The molecule has 0 aliphatic carbocycles. The van der Waals surface area contributed by atoms with Crippen LogP contribution < -0.4 is 0 Å². The summed E-state index contributed by atoms with van der Waals surface area (Å²) >= 11 is 1.57. The maximum Gasteiger partial charge on any atom is 0.288 e. The summed E-state index contributed by atoms with van der Waals surface area (Å²) in [6, 6.07) is 8.84. The van der Waals surface area contributed by atoms with E-state index in [4.69, 9.17) is 0 Å². The predicted molar refractivity (Wildman–Crippen MR) is 110 cm³/mol. The summed E-state index contributed by atoms with van der Waals surface area (Å²) in [6.07, 6.45) is 3.00. The molecule has 1 aromatic carbocycles. The summed E-state index contributed by atoms with van der Waals surface area (Å²) in [5.41, 5.74) is 1.88. The van der Waals surface area contributed by atoms with Crippen molar-refractivity contribution in [2.24, 2.45) is 11.4 Å². The smallest absolute Gasteiger partial charge is 0.266 e. The zero-order chi connectivity index (χ0) is 19.8. The normalized spacial score (nSPS) is 13.7. The summed E-state index contributed by atoms with van der Waals surface area (Å²) in [7, 11) is -1.02. The highest BCUT2D eigenvalue weighted by molar-refractivity contribution is 8.00. The van der Waals surface area contributed by atoms with Gasteiger partial charge in [0.1, 0.15) is 0 Å². The van der Waals surface area contributed by atoms with Gasteiger partial charge in [0.15, 0.2) is 5.65 Å². The third-order valence-corrected chi connectivity index (χ3v) is 6.79. The number of amides is 1. The van der Waals surface area contributed by atoms with Crippen LogP contribution in [0, 0.1) is 6.92 Å². The van der Waals surface area contributed by atoms with E-state index in [9.17, 15) is 9.00 Å². The van der Waals surface area contributed by atoms with Gasteiger partial charge in [-0.15, -0.1) is 11.8 Å². The number of hydrogen-bond acceptors (Lipinski definition) is 5. The first kappa shape index (κ1) is 19.6. The second kappa shape index (κ2) is 7.44. The second-order valence-electron chi connectivity index (χ2n) is 6.59. The molecule has 0 spiro atoms. The Kier molecular flexibility index (Phi) is 5.39. The van der Waals surface area contributed by atoms with Crippen molar-refractivity contribution < 1.29 is 9.00 Å². The van der Waals surface area contributed by atoms with Gasteiger partial charge in [-0.05, 0) is 19.1 Å². The van der Waals surface area contributed by atoms with Crippen LogP contribution in [0.25, 0.3) is 11.0 Å². The fraction of sp³-hybridized carbons (Fsp3) is 0.316. The largest absolute Gasteiger partial charge is 0.288 e. The molecule has 0 aliphatic rings. The summed E-state index contributed by atoms with van der Waals surface area (Å²) in [5.74, 6) is -0.521. The molecular weight excluding hydrogens is 380 g/mol. The van der Waals surface area contributed by atoms with Crippen LogP contribution in [0.3, 0.4) is 0 Å². The molecule has 8 heteroatoms. The zero-order valence-corrected chi connectivity index (χ0v) is 17.6. The minimum Gasteiger partial charge on any atom is -0.266 e. The van der Waals surface area contributed by atoms with Crippen LogP contribution in [0.15, 0.2) is 50.7 Å². The number of benzene rings is 1. The van der Waals surface area contributed by atoms with Gasteiger partial charge in [0, 0.05) is 34.5 Å². The number of rotatable bonds is 4. The molecule has 6 nitrogen and oxygen atoms in total. The molecule has 0 saturated heterocycles.